The molecule has 1 aromatic heterocycles. The smallest absolute Gasteiger partial charge is 0.387 e. The molecule has 1 heterocycles. The van der Waals surface area contributed by atoms with Crippen LogP contribution in [-0.2, 0) is 0 Å². The molecule has 0 radical (unpaired) electrons. The summed E-state index contributed by atoms with van der Waals surface area (Å²) in [5, 5.41) is 0. The molecule has 2 rings (SSSR count). The van der Waals surface area contributed by atoms with E-state index in [1.165, 1.54) is 42.7 Å². The lowest BCUT2D eigenvalue weighted by molar-refractivity contribution is -0.0493. The fourth-order valence-electron chi connectivity index (χ4n) is 1.60. The van der Waals surface area contributed by atoms with Crippen molar-refractivity contribution in [3.63, 3.8) is 0 Å². The molecule has 0 spiro atoms. The van der Waals surface area contributed by atoms with E-state index in [2.05, 4.69) is 9.72 Å². The number of hydrogen-bond acceptors (Lipinski definition) is 4. The minimum absolute atomic E-state index is 0.107. The van der Waals surface area contributed by atoms with Crippen molar-refractivity contribution >= 4 is 11.5 Å². The van der Waals surface area contributed by atoms with Crippen LogP contribution in [0.15, 0.2) is 42.7 Å². The number of aromatic nitrogens is 1. The second kappa shape index (κ2) is 5.43. The third-order valence-electron chi connectivity index (χ3n) is 2.47. The van der Waals surface area contributed by atoms with Crippen molar-refractivity contribution in [1.29, 1.82) is 0 Å². The van der Waals surface area contributed by atoms with Crippen LogP contribution < -0.4 is 10.5 Å². The van der Waals surface area contributed by atoms with Gasteiger partial charge in [0.25, 0.3) is 0 Å². The summed E-state index contributed by atoms with van der Waals surface area (Å²) in [7, 11) is 0. The van der Waals surface area contributed by atoms with Gasteiger partial charge in [0, 0.05) is 23.5 Å². The molecule has 0 aliphatic heterocycles. The minimum Gasteiger partial charge on any atom is -0.433 e. The predicted molar refractivity (Wildman–Crippen MR) is 65.2 cm³/mol. The fraction of sp³-hybridized carbons (Fsp3) is 0.0769. The van der Waals surface area contributed by atoms with E-state index in [1.807, 2.05) is 0 Å². The highest BCUT2D eigenvalue weighted by atomic mass is 19.3. The van der Waals surface area contributed by atoms with Gasteiger partial charge in [-0.25, -0.2) is 0 Å². The molecule has 2 N–H and O–H groups in total. The van der Waals surface area contributed by atoms with E-state index in [1.54, 1.807) is 0 Å². The van der Waals surface area contributed by atoms with E-state index in [0.29, 0.717) is 5.56 Å². The molecule has 0 bridgehead atoms. The number of rotatable bonds is 4. The van der Waals surface area contributed by atoms with Crippen molar-refractivity contribution in [3.8, 4) is 5.75 Å². The summed E-state index contributed by atoms with van der Waals surface area (Å²) in [6.45, 7) is -2.99. The number of carbonyl (C=O) groups is 1. The van der Waals surface area contributed by atoms with Gasteiger partial charge in [0.05, 0.1) is 5.69 Å². The van der Waals surface area contributed by atoms with Crippen LogP contribution in [-0.4, -0.2) is 17.4 Å². The van der Waals surface area contributed by atoms with Gasteiger partial charge in [-0.1, -0.05) is 6.07 Å². The number of ketones is 1. The molecule has 1 aromatic carbocycles. The molecule has 0 saturated heterocycles. The van der Waals surface area contributed by atoms with Gasteiger partial charge >= 0.3 is 6.61 Å². The van der Waals surface area contributed by atoms with Gasteiger partial charge < -0.3 is 10.5 Å². The number of benzene rings is 1. The standard InChI is InChI=1S/C13H10F2N2O2/c14-13(15)19-10-3-1-2-9(11(10)16)12(18)8-4-6-17-7-5-8/h1-7,13H,16H2. The summed E-state index contributed by atoms with van der Waals surface area (Å²) < 4.78 is 28.6. The van der Waals surface area contributed by atoms with Crippen LogP contribution in [0.25, 0.3) is 0 Å². The monoisotopic (exact) mass is 264 g/mol. The van der Waals surface area contributed by atoms with Gasteiger partial charge in [-0.15, -0.1) is 0 Å². The number of para-hydroxylation sites is 1. The summed E-state index contributed by atoms with van der Waals surface area (Å²) in [5.41, 5.74) is 6.05. The summed E-state index contributed by atoms with van der Waals surface area (Å²) >= 11 is 0. The van der Waals surface area contributed by atoms with Gasteiger partial charge in [-0.3, -0.25) is 9.78 Å². The minimum atomic E-state index is -2.99. The van der Waals surface area contributed by atoms with E-state index in [4.69, 9.17) is 5.73 Å². The maximum absolute atomic E-state index is 12.2. The Labute approximate surface area is 107 Å². The number of carbonyl (C=O) groups excluding carboxylic acids is 1. The summed E-state index contributed by atoms with van der Waals surface area (Å²) in [4.78, 5) is 15.9. The van der Waals surface area contributed by atoms with Crippen molar-refractivity contribution in [1.82, 2.24) is 4.98 Å². The molecule has 0 amide bonds. The second-order valence-corrected chi connectivity index (χ2v) is 3.66. The summed E-state index contributed by atoms with van der Waals surface area (Å²) in [6.07, 6.45) is 2.92. The average molecular weight is 264 g/mol. The Hall–Kier alpha value is -2.50. The molecule has 0 unspecified atom stereocenters. The third-order valence-corrected chi connectivity index (χ3v) is 2.47. The first-order valence-corrected chi connectivity index (χ1v) is 5.37. The van der Waals surface area contributed by atoms with Crippen LogP contribution in [0, 0.1) is 0 Å². The first-order valence-electron chi connectivity index (χ1n) is 5.37. The molecular weight excluding hydrogens is 254 g/mol. The van der Waals surface area contributed by atoms with Gasteiger partial charge in [-0.2, -0.15) is 8.78 Å². The molecule has 98 valence electrons. The quantitative estimate of drug-likeness (QED) is 0.680. The summed E-state index contributed by atoms with van der Waals surface area (Å²) in [5.74, 6) is -0.588. The van der Waals surface area contributed by atoms with E-state index in [9.17, 15) is 13.6 Å². The van der Waals surface area contributed by atoms with Crippen LogP contribution in [0.4, 0.5) is 14.5 Å². The number of anilines is 1. The Morgan fingerprint density at radius 1 is 1.21 bits per heavy atom. The molecule has 0 fully saturated rings. The fourth-order valence-corrected chi connectivity index (χ4v) is 1.60. The first-order chi connectivity index (χ1) is 9.09. The molecule has 2 aromatic rings. The third kappa shape index (κ3) is 2.85. The zero-order valence-electron chi connectivity index (χ0n) is 9.72. The van der Waals surface area contributed by atoms with Gasteiger partial charge in [0.1, 0.15) is 5.75 Å². The average Bonchev–Trinajstić information content (AvgIpc) is 2.41. The molecule has 0 aliphatic carbocycles. The van der Waals surface area contributed by atoms with Gasteiger partial charge in [-0.05, 0) is 24.3 Å². The highest BCUT2D eigenvalue weighted by Gasteiger charge is 2.16. The largest absolute Gasteiger partial charge is 0.433 e. The molecule has 6 heteroatoms. The molecule has 0 atom stereocenters. The van der Waals surface area contributed by atoms with Crippen molar-refractivity contribution in [3.05, 3.63) is 53.9 Å². The zero-order chi connectivity index (χ0) is 13.8. The molecule has 0 aliphatic rings. The number of nitrogens with two attached hydrogens (primary N) is 1. The number of hydrogen-bond donors (Lipinski definition) is 1. The normalized spacial score (nSPS) is 10.5. The lowest BCUT2D eigenvalue weighted by atomic mass is 10.0. The number of alkyl halides is 2. The second-order valence-electron chi connectivity index (χ2n) is 3.66. The number of nitrogen functional groups attached to an aromatic ring is 1. The Kier molecular flexibility index (Phi) is 3.70. The molecule has 0 saturated carbocycles. The maximum atomic E-state index is 12.2. The first kappa shape index (κ1) is 12.9. The molecule has 4 nitrogen and oxygen atoms in total. The molecule has 19 heavy (non-hydrogen) atoms. The van der Waals surface area contributed by atoms with Crippen LogP contribution in [0.2, 0.25) is 0 Å². The van der Waals surface area contributed by atoms with Crippen LogP contribution in [0.3, 0.4) is 0 Å². The SMILES string of the molecule is Nc1c(OC(F)F)cccc1C(=O)c1ccncc1. The highest BCUT2D eigenvalue weighted by Crippen LogP contribution is 2.28. The number of halogens is 2. The molecular formula is C13H10F2N2O2. The Bertz CT molecular complexity index is 588. The highest BCUT2D eigenvalue weighted by molar-refractivity contribution is 6.12. The number of pyridine rings is 1. The Balaban J connectivity index is 2.38. The van der Waals surface area contributed by atoms with Crippen molar-refractivity contribution in [2.45, 2.75) is 6.61 Å². The Morgan fingerprint density at radius 3 is 2.53 bits per heavy atom. The van der Waals surface area contributed by atoms with E-state index in [-0.39, 0.29) is 22.8 Å². The van der Waals surface area contributed by atoms with Crippen LogP contribution in [0.1, 0.15) is 15.9 Å². The van der Waals surface area contributed by atoms with Crippen LogP contribution in [0.5, 0.6) is 5.75 Å². The zero-order valence-corrected chi connectivity index (χ0v) is 9.72. The van der Waals surface area contributed by atoms with Gasteiger partial charge in [0.2, 0.25) is 0 Å². The predicted octanol–water partition coefficient (Wildman–Crippen LogP) is 2.50. The number of nitrogens with zero attached hydrogens (tertiary/aromatic N) is 1. The van der Waals surface area contributed by atoms with E-state index < -0.39 is 6.61 Å². The van der Waals surface area contributed by atoms with Crippen LogP contribution >= 0.6 is 0 Å². The number of ether oxygens (including phenoxy) is 1. The topological polar surface area (TPSA) is 65.2 Å². The Morgan fingerprint density at radius 2 is 1.89 bits per heavy atom. The van der Waals surface area contributed by atoms with E-state index >= 15 is 0 Å². The lowest BCUT2D eigenvalue weighted by Gasteiger charge is -2.10. The summed E-state index contributed by atoms with van der Waals surface area (Å²) in [6, 6.07) is 7.20. The van der Waals surface area contributed by atoms with Crippen molar-refractivity contribution in [2.24, 2.45) is 0 Å². The van der Waals surface area contributed by atoms with Crippen molar-refractivity contribution < 1.29 is 18.3 Å². The lowest BCUT2D eigenvalue weighted by Crippen LogP contribution is -2.09. The van der Waals surface area contributed by atoms with Crippen molar-refractivity contribution in [2.75, 3.05) is 5.73 Å². The van der Waals surface area contributed by atoms with E-state index in [0.717, 1.165) is 0 Å². The maximum Gasteiger partial charge on any atom is 0.387 e. The van der Waals surface area contributed by atoms with Gasteiger partial charge in [0.15, 0.2) is 5.78 Å².